The molecular weight excluding hydrogens is 294 g/mol. The number of carbonyl (C=O) groups is 3. The number of halogens is 1. The third kappa shape index (κ3) is 6.01. The third-order valence-electron chi connectivity index (χ3n) is 3.78. The van der Waals surface area contributed by atoms with Crippen molar-refractivity contribution in [2.24, 2.45) is 11.7 Å². The zero-order valence-corrected chi connectivity index (χ0v) is 13.8. The average molecular weight is 320 g/mol. The van der Waals surface area contributed by atoms with Gasteiger partial charge in [-0.15, -0.1) is 12.4 Å². The van der Waals surface area contributed by atoms with E-state index in [4.69, 9.17) is 5.73 Å². The zero-order valence-electron chi connectivity index (χ0n) is 13.0. The first-order chi connectivity index (χ1) is 9.32. The Morgan fingerprint density at radius 2 is 1.81 bits per heavy atom. The lowest BCUT2D eigenvalue weighted by Gasteiger charge is -2.22. The minimum absolute atomic E-state index is 0. The van der Waals surface area contributed by atoms with Gasteiger partial charge >= 0.3 is 0 Å². The van der Waals surface area contributed by atoms with Gasteiger partial charge in [0, 0.05) is 45.4 Å². The maximum atomic E-state index is 11.9. The molecule has 0 aromatic carbocycles. The van der Waals surface area contributed by atoms with E-state index in [1.807, 2.05) is 0 Å². The summed E-state index contributed by atoms with van der Waals surface area (Å²) in [6.07, 6.45) is 1.48. The maximum Gasteiger partial charge on any atom is 0.229 e. The van der Waals surface area contributed by atoms with Crippen LogP contribution in [0.1, 0.15) is 39.5 Å². The van der Waals surface area contributed by atoms with Gasteiger partial charge in [-0.25, -0.2) is 0 Å². The van der Waals surface area contributed by atoms with Crippen molar-refractivity contribution in [2.45, 2.75) is 45.6 Å². The summed E-state index contributed by atoms with van der Waals surface area (Å²) in [5.41, 5.74) is 5.94. The molecule has 0 bridgehead atoms. The molecule has 1 saturated heterocycles. The Hall–Kier alpha value is -1.14. The molecule has 1 heterocycles. The minimum atomic E-state index is -0.174. The van der Waals surface area contributed by atoms with Gasteiger partial charge in [-0.2, -0.15) is 0 Å². The highest BCUT2D eigenvalue weighted by atomic mass is 35.5. The van der Waals surface area contributed by atoms with Gasteiger partial charge in [0.1, 0.15) is 0 Å². The quantitative estimate of drug-likeness (QED) is 0.703. The molecule has 0 saturated carbocycles. The molecule has 1 atom stereocenters. The fourth-order valence-electron chi connectivity index (χ4n) is 2.07. The molecule has 0 spiro atoms. The first kappa shape index (κ1) is 19.9. The van der Waals surface area contributed by atoms with Crippen molar-refractivity contribution in [1.82, 2.24) is 9.80 Å². The predicted octanol–water partition coefficient (Wildman–Crippen LogP) is 0.779. The Labute approximate surface area is 132 Å². The molecule has 0 radical (unpaired) electrons. The molecule has 3 amide bonds. The Morgan fingerprint density at radius 3 is 2.29 bits per heavy atom. The van der Waals surface area contributed by atoms with Gasteiger partial charge in [0.2, 0.25) is 17.7 Å². The summed E-state index contributed by atoms with van der Waals surface area (Å²) in [5.74, 6) is -0.0219. The summed E-state index contributed by atoms with van der Waals surface area (Å²) >= 11 is 0. The zero-order chi connectivity index (χ0) is 15.3. The van der Waals surface area contributed by atoms with E-state index in [9.17, 15) is 14.4 Å². The van der Waals surface area contributed by atoms with E-state index in [1.54, 1.807) is 11.9 Å². The van der Waals surface area contributed by atoms with Gasteiger partial charge < -0.3 is 10.6 Å². The maximum absolute atomic E-state index is 11.9. The molecule has 122 valence electrons. The van der Waals surface area contributed by atoms with Crippen LogP contribution in [0, 0.1) is 5.92 Å². The molecule has 0 aliphatic carbocycles. The summed E-state index contributed by atoms with van der Waals surface area (Å²) in [5, 5.41) is 0. The van der Waals surface area contributed by atoms with Crippen molar-refractivity contribution in [2.75, 3.05) is 20.1 Å². The van der Waals surface area contributed by atoms with Crippen molar-refractivity contribution < 1.29 is 14.4 Å². The highest BCUT2D eigenvalue weighted by Gasteiger charge is 2.29. The van der Waals surface area contributed by atoms with E-state index in [0.29, 0.717) is 12.5 Å². The van der Waals surface area contributed by atoms with E-state index in [0.717, 1.165) is 6.42 Å². The summed E-state index contributed by atoms with van der Waals surface area (Å²) in [4.78, 5) is 37.6. The highest BCUT2D eigenvalue weighted by Crippen LogP contribution is 2.12. The Balaban J connectivity index is 0.00000400. The molecule has 1 unspecified atom stereocenters. The second kappa shape index (κ2) is 9.00. The van der Waals surface area contributed by atoms with Crippen LogP contribution in [0.15, 0.2) is 0 Å². The molecule has 21 heavy (non-hydrogen) atoms. The van der Waals surface area contributed by atoms with E-state index >= 15 is 0 Å². The molecule has 7 heteroatoms. The molecule has 0 aromatic heterocycles. The number of likely N-dealkylation sites (tertiary alicyclic amines) is 1. The second-order valence-electron chi connectivity index (χ2n) is 5.70. The SMILES string of the molecule is CC(C)C(N)CCN(C)C(=O)CCN1C(=O)CCC1=O.Cl. The monoisotopic (exact) mass is 319 g/mol. The number of imide groups is 1. The van der Waals surface area contributed by atoms with Crippen LogP contribution in [0.25, 0.3) is 0 Å². The van der Waals surface area contributed by atoms with E-state index in [1.165, 1.54) is 4.90 Å². The van der Waals surface area contributed by atoms with Crippen molar-refractivity contribution in [3.8, 4) is 0 Å². The first-order valence-corrected chi connectivity index (χ1v) is 7.15. The lowest BCUT2D eigenvalue weighted by molar-refractivity contribution is -0.139. The van der Waals surface area contributed by atoms with Gasteiger partial charge in [0.25, 0.3) is 0 Å². The van der Waals surface area contributed by atoms with Crippen LogP contribution in [-0.4, -0.2) is 53.7 Å². The van der Waals surface area contributed by atoms with Crippen LogP contribution in [0.3, 0.4) is 0 Å². The molecule has 1 aliphatic heterocycles. The molecule has 1 fully saturated rings. The summed E-state index contributed by atoms with van der Waals surface area (Å²) < 4.78 is 0. The first-order valence-electron chi connectivity index (χ1n) is 7.15. The number of amides is 3. The Kier molecular flexibility index (Phi) is 8.51. The lowest BCUT2D eigenvalue weighted by Crippen LogP contribution is -2.37. The van der Waals surface area contributed by atoms with E-state index in [2.05, 4.69) is 13.8 Å². The fraction of sp³-hybridized carbons (Fsp3) is 0.786. The Morgan fingerprint density at radius 1 is 1.29 bits per heavy atom. The fourth-order valence-corrected chi connectivity index (χ4v) is 2.07. The smallest absolute Gasteiger partial charge is 0.229 e. The minimum Gasteiger partial charge on any atom is -0.346 e. The third-order valence-corrected chi connectivity index (χ3v) is 3.78. The van der Waals surface area contributed by atoms with Gasteiger partial charge in [-0.3, -0.25) is 19.3 Å². The van der Waals surface area contributed by atoms with Crippen LogP contribution >= 0.6 is 12.4 Å². The Bertz CT molecular complexity index is 372. The van der Waals surface area contributed by atoms with Gasteiger partial charge in [0.15, 0.2) is 0 Å². The second-order valence-corrected chi connectivity index (χ2v) is 5.70. The number of nitrogens with two attached hydrogens (primary N) is 1. The number of nitrogens with zero attached hydrogens (tertiary/aromatic N) is 2. The summed E-state index contributed by atoms with van der Waals surface area (Å²) in [7, 11) is 1.73. The average Bonchev–Trinajstić information content (AvgIpc) is 2.72. The standard InChI is InChI=1S/C14H25N3O3.ClH/c1-10(2)11(15)6-8-16(3)12(18)7-9-17-13(19)4-5-14(17)20;/h10-11H,4-9,15H2,1-3H3;1H. The van der Waals surface area contributed by atoms with Crippen molar-refractivity contribution in [1.29, 1.82) is 0 Å². The normalized spacial score (nSPS) is 16.1. The molecule has 1 rings (SSSR count). The van der Waals surface area contributed by atoms with Crippen molar-refractivity contribution in [3.05, 3.63) is 0 Å². The van der Waals surface area contributed by atoms with Gasteiger partial charge in [-0.1, -0.05) is 13.8 Å². The molecule has 6 nitrogen and oxygen atoms in total. The molecular formula is C14H26ClN3O3. The summed E-state index contributed by atoms with van der Waals surface area (Å²) in [6.45, 7) is 4.89. The van der Waals surface area contributed by atoms with Crippen LogP contribution in [0.5, 0.6) is 0 Å². The molecule has 0 aromatic rings. The van der Waals surface area contributed by atoms with Crippen LogP contribution in [0.4, 0.5) is 0 Å². The van der Waals surface area contributed by atoms with Crippen molar-refractivity contribution in [3.63, 3.8) is 0 Å². The topological polar surface area (TPSA) is 83.7 Å². The lowest BCUT2D eigenvalue weighted by atomic mass is 10.0. The summed E-state index contributed by atoms with van der Waals surface area (Å²) in [6, 6.07) is 0.0759. The van der Waals surface area contributed by atoms with Gasteiger partial charge in [-0.05, 0) is 12.3 Å². The van der Waals surface area contributed by atoms with Crippen molar-refractivity contribution >= 4 is 30.1 Å². The van der Waals surface area contributed by atoms with Crippen LogP contribution < -0.4 is 5.73 Å². The number of hydrogen-bond acceptors (Lipinski definition) is 4. The predicted molar refractivity (Wildman–Crippen MR) is 82.9 cm³/mol. The van der Waals surface area contributed by atoms with Crippen LogP contribution in [-0.2, 0) is 14.4 Å². The highest BCUT2D eigenvalue weighted by molar-refractivity contribution is 6.02. The van der Waals surface area contributed by atoms with Crippen LogP contribution in [0.2, 0.25) is 0 Å². The number of carbonyl (C=O) groups excluding carboxylic acids is 3. The largest absolute Gasteiger partial charge is 0.346 e. The molecule has 1 aliphatic rings. The number of hydrogen-bond donors (Lipinski definition) is 1. The van der Waals surface area contributed by atoms with E-state index < -0.39 is 0 Å². The number of rotatable bonds is 7. The molecule has 2 N–H and O–H groups in total. The van der Waals surface area contributed by atoms with E-state index in [-0.39, 0.29) is 62.0 Å². The van der Waals surface area contributed by atoms with Gasteiger partial charge in [0.05, 0.1) is 0 Å².